The number of H-pyrrole nitrogens is 1. The molecule has 9 heteroatoms. The first-order valence-electron chi connectivity index (χ1n) is 5.97. The highest BCUT2D eigenvalue weighted by Crippen LogP contribution is 2.21. The number of nitrogen functional groups attached to an aromatic ring is 1. The standard InChI is InChI=1S/C11H16N6O2S/c12-9-6-8(3-4-10(9)20(13,18)19)14-5-1-2-11-15-7-16-17-11/h3-4,6-7,14H,1-2,5,12H2,(H2,13,18,19)(H,15,16,17). The Morgan fingerprint density at radius 3 is 2.75 bits per heavy atom. The first-order chi connectivity index (χ1) is 9.47. The highest BCUT2D eigenvalue weighted by atomic mass is 32.2. The number of aromatic amines is 1. The SMILES string of the molecule is Nc1cc(NCCCc2ncn[nH]2)ccc1S(N)(=O)=O. The van der Waals surface area contributed by atoms with Crippen LogP contribution in [0.15, 0.2) is 29.4 Å². The Balaban J connectivity index is 1.89. The van der Waals surface area contributed by atoms with Crippen molar-refractivity contribution in [2.45, 2.75) is 17.7 Å². The summed E-state index contributed by atoms with van der Waals surface area (Å²) in [5.41, 5.74) is 6.54. The van der Waals surface area contributed by atoms with E-state index >= 15 is 0 Å². The van der Waals surface area contributed by atoms with Crippen molar-refractivity contribution in [1.29, 1.82) is 0 Å². The van der Waals surface area contributed by atoms with Gasteiger partial charge in [0.2, 0.25) is 10.0 Å². The fourth-order valence-electron chi connectivity index (χ4n) is 1.76. The summed E-state index contributed by atoms with van der Waals surface area (Å²) >= 11 is 0. The van der Waals surface area contributed by atoms with Crippen LogP contribution in [-0.2, 0) is 16.4 Å². The van der Waals surface area contributed by atoms with Crippen LogP contribution in [0, 0.1) is 0 Å². The van der Waals surface area contributed by atoms with Gasteiger partial charge in [0.05, 0.1) is 5.69 Å². The molecular formula is C11H16N6O2S. The summed E-state index contributed by atoms with van der Waals surface area (Å²) in [4.78, 5) is 3.95. The first-order valence-corrected chi connectivity index (χ1v) is 7.52. The Bertz CT molecular complexity index is 668. The summed E-state index contributed by atoms with van der Waals surface area (Å²) in [5.74, 6) is 0.830. The molecule has 0 amide bonds. The minimum atomic E-state index is -3.78. The van der Waals surface area contributed by atoms with Crippen molar-refractivity contribution in [3.05, 3.63) is 30.4 Å². The molecule has 0 saturated carbocycles. The number of sulfonamides is 1. The van der Waals surface area contributed by atoms with Crippen LogP contribution in [0.5, 0.6) is 0 Å². The Labute approximate surface area is 116 Å². The smallest absolute Gasteiger partial charge is 0.240 e. The fraction of sp³-hybridized carbons (Fsp3) is 0.273. The predicted molar refractivity (Wildman–Crippen MR) is 75.4 cm³/mol. The number of nitrogens with one attached hydrogen (secondary N) is 2. The van der Waals surface area contributed by atoms with Gasteiger partial charge in [0, 0.05) is 18.7 Å². The van der Waals surface area contributed by atoms with Crippen LogP contribution in [0.1, 0.15) is 12.2 Å². The number of aromatic nitrogens is 3. The van der Waals surface area contributed by atoms with Gasteiger partial charge in [0.15, 0.2) is 0 Å². The van der Waals surface area contributed by atoms with Crippen molar-refractivity contribution in [3.8, 4) is 0 Å². The van der Waals surface area contributed by atoms with Gasteiger partial charge in [0.25, 0.3) is 0 Å². The molecule has 108 valence electrons. The highest BCUT2D eigenvalue weighted by molar-refractivity contribution is 7.89. The van der Waals surface area contributed by atoms with Gasteiger partial charge in [-0.25, -0.2) is 18.5 Å². The average molecular weight is 296 g/mol. The Morgan fingerprint density at radius 2 is 2.15 bits per heavy atom. The summed E-state index contributed by atoms with van der Waals surface area (Å²) < 4.78 is 22.4. The molecule has 1 aromatic carbocycles. The highest BCUT2D eigenvalue weighted by Gasteiger charge is 2.11. The normalized spacial score (nSPS) is 11.4. The van der Waals surface area contributed by atoms with E-state index in [0.717, 1.165) is 24.4 Å². The molecule has 0 unspecified atom stereocenters. The second-order valence-corrected chi connectivity index (χ2v) is 5.79. The largest absolute Gasteiger partial charge is 0.398 e. The number of benzene rings is 1. The molecule has 8 nitrogen and oxygen atoms in total. The van der Waals surface area contributed by atoms with Gasteiger partial charge in [-0.05, 0) is 24.6 Å². The first kappa shape index (κ1) is 14.3. The van der Waals surface area contributed by atoms with Gasteiger partial charge in [-0.1, -0.05) is 0 Å². The van der Waals surface area contributed by atoms with Gasteiger partial charge in [-0.2, -0.15) is 5.10 Å². The second-order valence-electron chi connectivity index (χ2n) is 4.26. The lowest BCUT2D eigenvalue weighted by molar-refractivity contribution is 0.598. The Kier molecular flexibility index (Phi) is 4.20. The van der Waals surface area contributed by atoms with E-state index in [0.29, 0.717) is 6.54 Å². The second kappa shape index (κ2) is 5.88. The number of primary sulfonamides is 1. The average Bonchev–Trinajstić information content (AvgIpc) is 2.86. The van der Waals surface area contributed by atoms with Crippen LogP contribution in [0.25, 0.3) is 0 Å². The van der Waals surface area contributed by atoms with Crippen LogP contribution in [0.3, 0.4) is 0 Å². The summed E-state index contributed by atoms with van der Waals surface area (Å²) in [6, 6.07) is 4.57. The molecule has 0 aliphatic carbocycles. The Morgan fingerprint density at radius 1 is 1.35 bits per heavy atom. The zero-order valence-corrected chi connectivity index (χ0v) is 11.5. The number of nitrogens with zero attached hydrogens (tertiary/aromatic N) is 2. The molecule has 0 radical (unpaired) electrons. The summed E-state index contributed by atoms with van der Waals surface area (Å²) in [6.07, 6.45) is 3.10. The van der Waals surface area contributed by atoms with Gasteiger partial charge in [0.1, 0.15) is 17.0 Å². The zero-order chi connectivity index (χ0) is 14.6. The fourth-order valence-corrected chi connectivity index (χ4v) is 2.40. The number of anilines is 2. The van der Waals surface area contributed by atoms with E-state index in [1.165, 1.54) is 12.4 Å². The molecule has 20 heavy (non-hydrogen) atoms. The van der Waals surface area contributed by atoms with Crippen LogP contribution >= 0.6 is 0 Å². The van der Waals surface area contributed by atoms with E-state index in [1.807, 2.05) is 0 Å². The van der Waals surface area contributed by atoms with Gasteiger partial charge < -0.3 is 11.1 Å². The number of hydrogen-bond donors (Lipinski definition) is 4. The molecule has 0 aliphatic heterocycles. The maximum Gasteiger partial charge on any atom is 0.240 e. The third kappa shape index (κ3) is 3.68. The van der Waals surface area contributed by atoms with E-state index < -0.39 is 10.0 Å². The van der Waals surface area contributed by atoms with Gasteiger partial charge in [-0.3, -0.25) is 5.10 Å². The molecule has 0 saturated heterocycles. The van der Waals surface area contributed by atoms with Crippen LogP contribution < -0.4 is 16.2 Å². The van der Waals surface area contributed by atoms with Gasteiger partial charge >= 0.3 is 0 Å². The van der Waals surface area contributed by atoms with E-state index in [9.17, 15) is 8.42 Å². The third-order valence-corrected chi connectivity index (χ3v) is 3.69. The lowest BCUT2D eigenvalue weighted by Crippen LogP contribution is -2.14. The lowest BCUT2D eigenvalue weighted by Gasteiger charge is -2.09. The molecule has 0 aliphatic rings. The van der Waals surface area contributed by atoms with Crippen molar-refractivity contribution in [1.82, 2.24) is 15.2 Å². The van der Waals surface area contributed by atoms with Crippen LogP contribution in [0.4, 0.5) is 11.4 Å². The molecule has 0 fully saturated rings. The predicted octanol–water partition coefficient (Wildman–Crippen LogP) is 0.0790. The van der Waals surface area contributed by atoms with Crippen LogP contribution in [0.2, 0.25) is 0 Å². The van der Waals surface area contributed by atoms with Gasteiger partial charge in [-0.15, -0.1) is 0 Å². The third-order valence-electron chi connectivity index (χ3n) is 2.70. The van der Waals surface area contributed by atoms with E-state index in [2.05, 4.69) is 20.5 Å². The molecule has 6 N–H and O–H groups in total. The van der Waals surface area contributed by atoms with Crippen molar-refractivity contribution in [2.75, 3.05) is 17.6 Å². The number of rotatable bonds is 6. The van der Waals surface area contributed by atoms with Crippen molar-refractivity contribution < 1.29 is 8.42 Å². The van der Waals surface area contributed by atoms with Crippen molar-refractivity contribution in [3.63, 3.8) is 0 Å². The van der Waals surface area contributed by atoms with Crippen molar-refractivity contribution in [2.24, 2.45) is 5.14 Å². The lowest BCUT2D eigenvalue weighted by atomic mass is 10.2. The molecule has 1 heterocycles. The summed E-state index contributed by atoms with van der Waals surface area (Å²) in [7, 11) is -3.78. The number of nitrogens with two attached hydrogens (primary N) is 2. The molecule has 1 aromatic heterocycles. The minimum absolute atomic E-state index is 0.0651. The van der Waals surface area contributed by atoms with E-state index in [1.54, 1.807) is 12.1 Å². The molecule has 0 spiro atoms. The molecule has 2 aromatic rings. The minimum Gasteiger partial charge on any atom is -0.398 e. The van der Waals surface area contributed by atoms with E-state index in [-0.39, 0.29) is 10.6 Å². The molecule has 0 atom stereocenters. The van der Waals surface area contributed by atoms with Crippen LogP contribution in [-0.4, -0.2) is 30.1 Å². The zero-order valence-electron chi connectivity index (χ0n) is 10.7. The maximum absolute atomic E-state index is 11.2. The summed E-state index contributed by atoms with van der Waals surface area (Å²) in [6.45, 7) is 0.703. The maximum atomic E-state index is 11.2. The Hall–Kier alpha value is -2.13. The molecule has 2 rings (SSSR count). The quantitative estimate of drug-likeness (QED) is 0.439. The molecular weight excluding hydrogens is 280 g/mol. The monoisotopic (exact) mass is 296 g/mol. The van der Waals surface area contributed by atoms with E-state index in [4.69, 9.17) is 10.9 Å². The molecule has 0 bridgehead atoms. The number of hydrogen-bond acceptors (Lipinski definition) is 6. The number of aryl methyl sites for hydroxylation is 1. The summed E-state index contributed by atoms with van der Waals surface area (Å²) in [5, 5.41) is 14.7. The van der Waals surface area contributed by atoms with Crippen molar-refractivity contribution >= 4 is 21.4 Å². The topological polar surface area (TPSA) is 140 Å².